The van der Waals surface area contributed by atoms with Gasteiger partial charge in [0.15, 0.2) is 0 Å². The Balaban J connectivity index is 2.19. The van der Waals surface area contributed by atoms with Crippen LogP contribution in [0.4, 0.5) is 0 Å². The lowest BCUT2D eigenvalue weighted by Crippen LogP contribution is -2.42. The minimum atomic E-state index is 0.692. The van der Waals surface area contributed by atoms with Crippen LogP contribution in [0.5, 0.6) is 0 Å². The fourth-order valence-electron chi connectivity index (χ4n) is 2.96. The van der Waals surface area contributed by atoms with Crippen LogP contribution in [0.15, 0.2) is 0 Å². The minimum Gasteiger partial charge on any atom is -0.0622 e. The van der Waals surface area contributed by atoms with E-state index in [9.17, 15) is 0 Å². The lowest BCUT2D eigenvalue weighted by molar-refractivity contribution is -0.000594. The molecule has 0 aromatic carbocycles. The van der Waals surface area contributed by atoms with Crippen molar-refractivity contribution in [3.05, 3.63) is 0 Å². The summed E-state index contributed by atoms with van der Waals surface area (Å²) in [6, 6.07) is 0. The zero-order chi connectivity index (χ0) is 7.57. The van der Waals surface area contributed by atoms with Crippen LogP contribution in [0, 0.1) is 22.7 Å². The van der Waals surface area contributed by atoms with E-state index in [0.717, 1.165) is 17.3 Å². The molecule has 0 N–H and O–H groups in total. The van der Waals surface area contributed by atoms with Crippen LogP contribution < -0.4 is 0 Å². The Bertz CT molecular complexity index is 171. The normalized spacial score (nSPS) is 57.9. The summed E-state index contributed by atoms with van der Waals surface area (Å²) < 4.78 is 0. The maximum absolute atomic E-state index is 2.47. The summed E-state index contributed by atoms with van der Waals surface area (Å²) >= 11 is 0. The average Bonchev–Trinajstić information content (AvgIpc) is 2.37. The Hall–Kier alpha value is 0. The summed E-state index contributed by atoms with van der Waals surface area (Å²) in [6.07, 6.45) is 3.02. The van der Waals surface area contributed by atoms with Gasteiger partial charge in [-0.2, -0.15) is 0 Å². The predicted molar refractivity (Wildman–Crippen MR) is 43.8 cm³/mol. The van der Waals surface area contributed by atoms with Crippen molar-refractivity contribution in [2.45, 2.75) is 40.5 Å². The van der Waals surface area contributed by atoms with E-state index in [-0.39, 0.29) is 0 Å². The van der Waals surface area contributed by atoms with Crippen molar-refractivity contribution in [3.8, 4) is 0 Å². The highest BCUT2D eigenvalue weighted by molar-refractivity contribution is 5.20. The van der Waals surface area contributed by atoms with Crippen LogP contribution in [-0.2, 0) is 0 Å². The molecule has 2 rings (SSSR count). The van der Waals surface area contributed by atoms with Crippen LogP contribution in [0.2, 0.25) is 0 Å². The lowest BCUT2D eigenvalue weighted by atomic mass is 9.56. The Morgan fingerprint density at radius 3 is 1.90 bits per heavy atom. The summed E-state index contributed by atoms with van der Waals surface area (Å²) in [5, 5.41) is 0. The fraction of sp³-hybridized carbons (Fsp3) is 1.00. The van der Waals surface area contributed by atoms with Gasteiger partial charge < -0.3 is 0 Å². The summed E-state index contributed by atoms with van der Waals surface area (Å²) in [5.41, 5.74) is 1.46. The minimum absolute atomic E-state index is 0.692. The summed E-state index contributed by atoms with van der Waals surface area (Å²) in [6.45, 7) is 9.70. The molecule has 2 fully saturated rings. The van der Waals surface area contributed by atoms with Crippen molar-refractivity contribution >= 4 is 0 Å². The Labute approximate surface area is 64.0 Å². The first kappa shape index (κ1) is 6.69. The summed E-state index contributed by atoms with van der Waals surface area (Å²) in [7, 11) is 0. The maximum Gasteiger partial charge on any atom is -0.0238 e. The molecule has 0 aromatic heterocycles. The zero-order valence-electron chi connectivity index (χ0n) is 7.57. The average molecular weight is 138 g/mol. The Morgan fingerprint density at radius 2 is 1.80 bits per heavy atom. The Kier molecular flexibility index (Phi) is 0.964. The third-order valence-electron chi connectivity index (χ3n) is 4.66. The molecule has 0 radical (unpaired) electrons. The van der Waals surface area contributed by atoms with Gasteiger partial charge in [-0.1, -0.05) is 27.7 Å². The molecule has 10 heavy (non-hydrogen) atoms. The highest BCUT2D eigenvalue weighted by Crippen LogP contribution is 2.79. The molecule has 0 heterocycles. The molecule has 0 bridgehead atoms. The first-order chi connectivity index (χ1) is 4.51. The SMILES string of the molecule is CC(C)C1(C)CC2CC21C. The molecule has 58 valence electrons. The van der Waals surface area contributed by atoms with E-state index in [2.05, 4.69) is 27.7 Å². The lowest BCUT2D eigenvalue weighted by Gasteiger charge is -2.49. The van der Waals surface area contributed by atoms with Gasteiger partial charge in [0, 0.05) is 0 Å². The number of hydrogen-bond acceptors (Lipinski definition) is 0. The number of rotatable bonds is 1. The van der Waals surface area contributed by atoms with Crippen molar-refractivity contribution < 1.29 is 0 Å². The highest BCUT2D eigenvalue weighted by atomic mass is 14.8. The van der Waals surface area contributed by atoms with Gasteiger partial charge in [0.25, 0.3) is 0 Å². The van der Waals surface area contributed by atoms with Crippen LogP contribution >= 0.6 is 0 Å². The summed E-state index contributed by atoms with van der Waals surface area (Å²) in [5.74, 6) is 2.00. The van der Waals surface area contributed by atoms with Gasteiger partial charge >= 0.3 is 0 Å². The second kappa shape index (κ2) is 1.44. The van der Waals surface area contributed by atoms with Gasteiger partial charge in [0.1, 0.15) is 0 Å². The molecular formula is C10H18. The van der Waals surface area contributed by atoms with E-state index in [1.165, 1.54) is 12.8 Å². The standard InChI is InChI=1S/C10H18/c1-7(2)9(3)5-8-6-10(8,9)4/h7-8H,5-6H2,1-4H3. The third-order valence-corrected chi connectivity index (χ3v) is 4.66. The van der Waals surface area contributed by atoms with Crippen LogP contribution in [-0.4, -0.2) is 0 Å². The van der Waals surface area contributed by atoms with E-state index in [1.807, 2.05) is 0 Å². The molecule has 0 nitrogen and oxygen atoms in total. The second-order valence-electron chi connectivity index (χ2n) is 5.09. The van der Waals surface area contributed by atoms with Gasteiger partial charge in [-0.15, -0.1) is 0 Å². The quantitative estimate of drug-likeness (QED) is 0.522. The third kappa shape index (κ3) is 0.466. The van der Waals surface area contributed by atoms with E-state index in [0.29, 0.717) is 5.41 Å². The van der Waals surface area contributed by atoms with Gasteiger partial charge in [-0.3, -0.25) is 0 Å². The Morgan fingerprint density at radius 1 is 1.20 bits per heavy atom. The van der Waals surface area contributed by atoms with Gasteiger partial charge in [0.05, 0.1) is 0 Å². The molecule has 2 aliphatic rings. The van der Waals surface area contributed by atoms with Crippen molar-refractivity contribution in [1.82, 2.24) is 0 Å². The number of hydrogen-bond donors (Lipinski definition) is 0. The van der Waals surface area contributed by atoms with E-state index < -0.39 is 0 Å². The smallest absolute Gasteiger partial charge is 0.0238 e. The zero-order valence-corrected chi connectivity index (χ0v) is 7.57. The molecule has 0 amide bonds. The van der Waals surface area contributed by atoms with Crippen molar-refractivity contribution in [2.75, 3.05) is 0 Å². The molecule has 0 spiro atoms. The van der Waals surface area contributed by atoms with Crippen molar-refractivity contribution in [2.24, 2.45) is 22.7 Å². The first-order valence-electron chi connectivity index (χ1n) is 4.51. The largest absolute Gasteiger partial charge is 0.0622 e. The maximum atomic E-state index is 2.47. The van der Waals surface area contributed by atoms with Crippen LogP contribution in [0.3, 0.4) is 0 Å². The van der Waals surface area contributed by atoms with E-state index in [4.69, 9.17) is 0 Å². The molecule has 0 aliphatic heterocycles. The number of fused-ring (bicyclic) bond motifs is 1. The molecule has 3 unspecified atom stereocenters. The van der Waals surface area contributed by atoms with Crippen molar-refractivity contribution in [1.29, 1.82) is 0 Å². The first-order valence-corrected chi connectivity index (χ1v) is 4.51. The molecule has 0 heteroatoms. The molecule has 2 saturated carbocycles. The molecule has 0 aromatic rings. The molecule has 2 aliphatic carbocycles. The molecular weight excluding hydrogens is 120 g/mol. The van der Waals surface area contributed by atoms with E-state index >= 15 is 0 Å². The molecule has 0 saturated heterocycles. The van der Waals surface area contributed by atoms with Gasteiger partial charge in [-0.25, -0.2) is 0 Å². The van der Waals surface area contributed by atoms with E-state index in [1.54, 1.807) is 0 Å². The topological polar surface area (TPSA) is 0 Å². The van der Waals surface area contributed by atoms with Crippen LogP contribution in [0.1, 0.15) is 40.5 Å². The van der Waals surface area contributed by atoms with Crippen molar-refractivity contribution in [3.63, 3.8) is 0 Å². The highest BCUT2D eigenvalue weighted by Gasteiger charge is 2.71. The summed E-state index contributed by atoms with van der Waals surface area (Å²) in [4.78, 5) is 0. The fourth-order valence-corrected chi connectivity index (χ4v) is 2.96. The molecule has 3 atom stereocenters. The predicted octanol–water partition coefficient (Wildman–Crippen LogP) is 3.08. The van der Waals surface area contributed by atoms with Crippen LogP contribution in [0.25, 0.3) is 0 Å². The van der Waals surface area contributed by atoms with Gasteiger partial charge in [-0.05, 0) is 35.5 Å². The monoisotopic (exact) mass is 138 g/mol. The van der Waals surface area contributed by atoms with Gasteiger partial charge in [0.2, 0.25) is 0 Å². The second-order valence-corrected chi connectivity index (χ2v) is 5.09.